The van der Waals surface area contributed by atoms with Crippen LogP contribution in [0.5, 0.6) is 0 Å². The summed E-state index contributed by atoms with van der Waals surface area (Å²) in [5, 5.41) is 11.6. The Balaban J connectivity index is 2.33. The number of amides is 1. The highest BCUT2D eigenvalue weighted by atomic mass is 16.3. The minimum atomic E-state index is -0.0867. The number of hydrogen-bond donors (Lipinski definition) is 3. The van der Waals surface area contributed by atoms with Crippen LogP contribution in [0, 0.1) is 5.92 Å². The molecule has 0 aliphatic rings. The van der Waals surface area contributed by atoms with Crippen LogP contribution in [0.25, 0.3) is 0 Å². The van der Waals surface area contributed by atoms with Crippen LogP contribution in [0.1, 0.15) is 30.3 Å². The Hall–Kier alpha value is -1.29. The Morgan fingerprint density at radius 1 is 1.67 bits per heavy atom. The van der Waals surface area contributed by atoms with Crippen LogP contribution in [-0.4, -0.2) is 29.1 Å². The Morgan fingerprint density at radius 3 is 3.00 bits per heavy atom. The first-order valence-corrected chi connectivity index (χ1v) is 5.30. The van der Waals surface area contributed by atoms with E-state index in [-0.39, 0.29) is 12.5 Å². The fourth-order valence-corrected chi connectivity index (χ4v) is 1.44. The van der Waals surface area contributed by atoms with Gasteiger partial charge in [0.2, 0.25) is 0 Å². The highest BCUT2D eigenvalue weighted by Gasteiger charge is 2.09. The molecule has 0 radical (unpaired) electrons. The monoisotopic (exact) mass is 210 g/mol. The molecule has 4 nitrogen and oxygen atoms in total. The molecule has 0 spiro atoms. The molecule has 0 aliphatic heterocycles. The molecule has 1 aromatic heterocycles. The Morgan fingerprint density at radius 2 is 2.47 bits per heavy atom. The number of hydrogen-bond acceptors (Lipinski definition) is 2. The predicted molar refractivity (Wildman–Crippen MR) is 58.6 cm³/mol. The van der Waals surface area contributed by atoms with Crippen molar-refractivity contribution in [1.82, 2.24) is 10.3 Å². The second-order valence-corrected chi connectivity index (χ2v) is 3.58. The first-order chi connectivity index (χ1) is 7.27. The van der Waals surface area contributed by atoms with Gasteiger partial charge in [-0.3, -0.25) is 4.79 Å². The number of aliphatic hydroxyl groups excluding tert-OH is 1. The smallest absolute Gasteiger partial charge is 0.267 e. The van der Waals surface area contributed by atoms with E-state index in [4.69, 9.17) is 5.11 Å². The second kappa shape index (κ2) is 6.24. The molecule has 1 atom stereocenters. The fourth-order valence-electron chi connectivity index (χ4n) is 1.44. The first-order valence-electron chi connectivity index (χ1n) is 5.30. The number of nitrogens with one attached hydrogen (secondary N) is 2. The van der Waals surface area contributed by atoms with Gasteiger partial charge in [0.25, 0.3) is 5.91 Å². The molecule has 4 heteroatoms. The zero-order valence-corrected chi connectivity index (χ0v) is 8.99. The Kier molecular flexibility index (Phi) is 4.90. The van der Waals surface area contributed by atoms with E-state index >= 15 is 0 Å². The lowest BCUT2D eigenvalue weighted by molar-refractivity contribution is 0.0939. The highest BCUT2D eigenvalue weighted by molar-refractivity contribution is 5.92. The number of carbonyl (C=O) groups excluding carboxylic acids is 1. The lowest BCUT2D eigenvalue weighted by atomic mass is 10.0. The molecule has 15 heavy (non-hydrogen) atoms. The molecule has 1 aromatic rings. The van der Waals surface area contributed by atoms with Gasteiger partial charge in [-0.25, -0.2) is 0 Å². The van der Waals surface area contributed by atoms with Crippen molar-refractivity contribution in [2.75, 3.05) is 13.2 Å². The molecule has 3 N–H and O–H groups in total. The minimum absolute atomic E-state index is 0.0867. The van der Waals surface area contributed by atoms with Gasteiger partial charge in [0.05, 0.1) is 0 Å². The number of rotatable bonds is 6. The molecule has 0 aromatic carbocycles. The van der Waals surface area contributed by atoms with Gasteiger partial charge in [-0.1, -0.05) is 13.3 Å². The highest BCUT2D eigenvalue weighted by Crippen LogP contribution is 2.06. The fraction of sp³-hybridized carbons (Fsp3) is 0.545. The average Bonchev–Trinajstić information content (AvgIpc) is 2.77. The first kappa shape index (κ1) is 11.8. The minimum Gasteiger partial charge on any atom is -0.396 e. The summed E-state index contributed by atoms with van der Waals surface area (Å²) in [6, 6.07) is 3.53. The third-order valence-electron chi connectivity index (χ3n) is 2.51. The third-order valence-corrected chi connectivity index (χ3v) is 2.51. The van der Waals surface area contributed by atoms with Gasteiger partial charge in [0, 0.05) is 19.3 Å². The molecule has 1 amide bonds. The number of aromatic nitrogens is 1. The summed E-state index contributed by atoms with van der Waals surface area (Å²) in [4.78, 5) is 14.4. The summed E-state index contributed by atoms with van der Waals surface area (Å²) in [6.45, 7) is 2.85. The molecular formula is C11H18N2O2. The molecule has 0 aliphatic carbocycles. The maximum absolute atomic E-state index is 11.5. The van der Waals surface area contributed by atoms with E-state index in [1.165, 1.54) is 0 Å². The summed E-state index contributed by atoms with van der Waals surface area (Å²) in [6.07, 6.45) is 3.42. The molecule has 0 saturated heterocycles. The zero-order valence-electron chi connectivity index (χ0n) is 8.99. The largest absolute Gasteiger partial charge is 0.396 e. The van der Waals surface area contributed by atoms with Crippen LogP contribution in [0.3, 0.4) is 0 Å². The van der Waals surface area contributed by atoms with Crippen molar-refractivity contribution in [3.63, 3.8) is 0 Å². The van der Waals surface area contributed by atoms with Crippen molar-refractivity contribution in [3.8, 4) is 0 Å². The van der Waals surface area contributed by atoms with Crippen molar-refractivity contribution in [1.29, 1.82) is 0 Å². The van der Waals surface area contributed by atoms with E-state index in [0.717, 1.165) is 12.8 Å². The third kappa shape index (κ3) is 3.75. The average molecular weight is 210 g/mol. The van der Waals surface area contributed by atoms with Crippen LogP contribution >= 0.6 is 0 Å². The maximum atomic E-state index is 11.5. The second-order valence-electron chi connectivity index (χ2n) is 3.58. The van der Waals surface area contributed by atoms with Gasteiger partial charge in [-0.15, -0.1) is 0 Å². The quantitative estimate of drug-likeness (QED) is 0.659. The standard InChI is InChI=1S/C11H18N2O2/c1-2-9(5-7-14)8-13-11(15)10-4-3-6-12-10/h3-4,6,9,12,14H,2,5,7-8H2,1H3,(H,13,15). The summed E-state index contributed by atoms with van der Waals surface area (Å²) in [7, 11) is 0. The van der Waals surface area contributed by atoms with Crippen molar-refractivity contribution in [2.24, 2.45) is 5.92 Å². The molecular weight excluding hydrogens is 192 g/mol. The van der Waals surface area contributed by atoms with Gasteiger partial charge in [-0.05, 0) is 24.5 Å². The van der Waals surface area contributed by atoms with Crippen LogP contribution in [0.15, 0.2) is 18.3 Å². The molecule has 84 valence electrons. The Labute approximate surface area is 89.7 Å². The SMILES string of the molecule is CCC(CCO)CNC(=O)c1ccc[nH]1. The zero-order chi connectivity index (χ0) is 11.1. The van der Waals surface area contributed by atoms with Crippen LogP contribution in [-0.2, 0) is 0 Å². The predicted octanol–water partition coefficient (Wildman–Crippen LogP) is 1.15. The number of H-pyrrole nitrogens is 1. The van der Waals surface area contributed by atoms with Crippen LogP contribution < -0.4 is 5.32 Å². The molecule has 0 saturated carbocycles. The molecule has 0 fully saturated rings. The normalized spacial score (nSPS) is 12.4. The molecule has 1 unspecified atom stereocenters. The lowest BCUT2D eigenvalue weighted by Gasteiger charge is -2.13. The molecule has 0 bridgehead atoms. The van der Waals surface area contributed by atoms with Crippen LogP contribution in [0.4, 0.5) is 0 Å². The van der Waals surface area contributed by atoms with Gasteiger partial charge in [0.1, 0.15) is 5.69 Å². The summed E-state index contributed by atoms with van der Waals surface area (Å²) in [5.74, 6) is 0.269. The summed E-state index contributed by atoms with van der Waals surface area (Å²) < 4.78 is 0. The summed E-state index contributed by atoms with van der Waals surface area (Å²) in [5.41, 5.74) is 0.578. The summed E-state index contributed by atoms with van der Waals surface area (Å²) >= 11 is 0. The van der Waals surface area contributed by atoms with E-state index in [2.05, 4.69) is 17.2 Å². The van der Waals surface area contributed by atoms with E-state index in [9.17, 15) is 4.79 Å². The topological polar surface area (TPSA) is 65.1 Å². The van der Waals surface area contributed by atoms with Crippen molar-refractivity contribution < 1.29 is 9.90 Å². The number of aromatic amines is 1. The van der Waals surface area contributed by atoms with Crippen LogP contribution in [0.2, 0.25) is 0 Å². The van der Waals surface area contributed by atoms with Gasteiger partial charge >= 0.3 is 0 Å². The van der Waals surface area contributed by atoms with E-state index < -0.39 is 0 Å². The number of carbonyl (C=O) groups is 1. The molecule has 1 rings (SSSR count). The maximum Gasteiger partial charge on any atom is 0.267 e. The lowest BCUT2D eigenvalue weighted by Crippen LogP contribution is -2.29. The van der Waals surface area contributed by atoms with Crippen molar-refractivity contribution in [3.05, 3.63) is 24.0 Å². The van der Waals surface area contributed by atoms with E-state index in [1.807, 2.05) is 0 Å². The molecule has 1 heterocycles. The van der Waals surface area contributed by atoms with Gasteiger partial charge < -0.3 is 15.4 Å². The van der Waals surface area contributed by atoms with Crippen molar-refractivity contribution in [2.45, 2.75) is 19.8 Å². The van der Waals surface area contributed by atoms with Crippen molar-refractivity contribution >= 4 is 5.91 Å². The van der Waals surface area contributed by atoms with Gasteiger partial charge in [-0.2, -0.15) is 0 Å². The Bertz CT molecular complexity index is 283. The van der Waals surface area contributed by atoms with E-state index in [1.54, 1.807) is 18.3 Å². The van der Waals surface area contributed by atoms with E-state index in [0.29, 0.717) is 18.2 Å². The number of aliphatic hydroxyl groups is 1. The van der Waals surface area contributed by atoms with Gasteiger partial charge in [0.15, 0.2) is 0 Å².